The summed E-state index contributed by atoms with van der Waals surface area (Å²) in [5.74, 6) is 6.12. The Morgan fingerprint density at radius 3 is 2.21 bits per heavy atom. The van der Waals surface area contributed by atoms with Crippen LogP contribution in [0.25, 0.3) is 5.57 Å². The summed E-state index contributed by atoms with van der Waals surface area (Å²) in [5, 5.41) is 10.8. The predicted octanol–water partition coefficient (Wildman–Crippen LogP) is 2.88. The highest BCUT2D eigenvalue weighted by atomic mass is 16.5. The minimum absolute atomic E-state index is 0.156. The van der Waals surface area contributed by atoms with Gasteiger partial charge in [-0.2, -0.15) is 5.26 Å². The first-order chi connectivity index (χ1) is 13.2. The lowest BCUT2D eigenvalue weighted by atomic mass is 9.84. The summed E-state index contributed by atoms with van der Waals surface area (Å²) in [6.45, 7) is 7.51. The van der Waals surface area contributed by atoms with Crippen molar-refractivity contribution in [3.63, 3.8) is 0 Å². The molecule has 0 aromatic heterocycles. The molecular formula is C21H24N4O3. The number of ether oxygens (including phenoxy) is 2. The van der Waals surface area contributed by atoms with Crippen LogP contribution in [0.15, 0.2) is 54.4 Å². The maximum atomic E-state index is 11.8. The van der Waals surface area contributed by atoms with Crippen LogP contribution in [0.2, 0.25) is 0 Å². The Bertz CT molecular complexity index is 924. The molecule has 0 saturated carbocycles. The van der Waals surface area contributed by atoms with E-state index in [9.17, 15) is 10.1 Å². The number of hydrogen-bond acceptors (Lipinski definition) is 6. The number of nitrogens with zero attached hydrogens (tertiary/aromatic N) is 2. The van der Waals surface area contributed by atoms with E-state index in [2.05, 4.69) is 12.6 Å². The van der Waals surface area contributed by atoms with E-state index in [0.717, 1.165) is 5.57 Å². The Morgan fingerprint density at radius 2 is 1.82 bits per heavy atom. The molecule has 1 aromatic carbocycles. The summed E-state index contributed by atoms with van der Waals surface area (Å²) in [5.41, 5.74) is 7.74. The van der Waals surface area contributed by atoms with Gasteiger partial charge in [0.2, 0.25) is 0 Å². The third-order valence-electron chi connectivity index (χ3n) is 4.52. The van der Waals surface area contributed by atoms with Gasteiger partial charge in [0.15, 0.2) is 0 Å². The van der Waals surface area contributed by atoms with Crippen LogP contribution in [0.5, 0.6) is 11.5 Å². The molecule has 1 heterocycles. The summed E-state index contributed by atoms with van der Waals surface area (Å²) in [6, 6.07) is 5.60. The SMILES string of the molecule is C=C/C(=C1/C=CC(C(C)(C)C#N)=CN1N)c1cc(OC)c(C(N)=O)c(OC)c1. The van der Waals surface area contributed by atoms with E-state index < -0.39 is 11.3 Å². The zero-order chi connectivity index (χ0) is 21.1. The topological polar surface area (TPSA) is 115 Å². The van der Waals surface area contributed by atoms with Crippen LogP contribution in [-0.4, -0.2) is 25.1 Å². The number of nitriles is 1. The van der Waals surface area contributed by atoms with E-state index >= 15 is 0 Å². The van der Waals surface area contributed by atoms with Crippen LogP contribution in [0, 0.1) is 16.7 Å². The summed E-state index contributed by atoms with van der Waals surface area (Å²) >= 11 is 0. The highest BCUT2D eigenvalue weighted by Crippen LogP contribution is 2.36. The molecule has 0 atom stereocenters. The molecule has 7 heteroatoms. The smallest absolute Gasteiger partial charge is 0.256 e. The lowest BCUT2D eigenvalue weighted by Crippen LogP contribution is -2.29. The van der Waals surface area contributed by atoms with Gasteiger partial charge < -0.3 is 15.2 Å². The first kappa shape index (κ1) is 20.8. The van der Waals surface area contributed by atoms with E-state index in [-0.39, 0.29) is 17.1 Å². The zero-order valence-corrected chi connectivity index (χ0v) is 16.4. The number of carbonyl (C=O) groups is 1. The molecule has 4 N–H and O–H groups in total. The van der Waals surface area contributed by atoms with Gasteiger partial charge in [0, 0.05) is 11.8 Å². The fourth-order valence-corrected chi connectivity index (χ4v) is 2.86. The highest BCUT2D eigenvalue weighted by Gasteiger charge is 2.25. The number of methoxy groups -OCH3 is 2. The Hall–Kier alpha value is -3.50. The van der Waals surface area contributed by atoms with Gasteiger partial charge in [-0.3, -0.25) is 9.80 Å². The van der Waals surface area contributed by atoms with Gasteiger partial charge in [-0.1, -0.05) is 18.7 Å². The molecule has 7 nitrogen and oxygen atoms in total. The summed E-state index contributed by atoms with van der Waals surface area (Å²) < 4.78 is 10.7. The van der Waals surface area contributed by atoms with E-state index in [0.29, 0.717) is 16.8 Å². The molecule has 1 aliphatic heterocycles. The Morgan fingerprint density at radius 1 is 1.25 bits per heavy atom. The lowest BCUT2D eigenvalue weighted by Gasteiger charge is -2.27. The summed E-state index contributed by atoms with van der Waals surface area (Å²) in [4.78, 5) is 11.8. The number of hydrazine groups is 1. The van der Waals surface area contributed by atoms with Crippen LogP contribution in [0.1, 0.15) is 29.8 Å². The zero-order valence-electron chi connectivity index (χ0n) is 16.4. The molecule has 0 saturated heterocycles. The normalized spacial score (nSPS) is 15.4. The number of carbonyl (C=O) groups excluding carboxylic acids is 1. The molecule has 2 rings (SSSR count). The van der Waals surface area contributed by atoms with Gasteiger partial charge in [0.05, 0.1) is 31.4 Å². The second kappa shape index (κ2) is 8.03. The van der Waals surface area contributed by atoms with E-state index in [1.54, 1.807) is 24.4 Å². The molecule has 28 heavy (non-hydrogen) atoms. The molecule has 0 aliphatic carbocycles. The first-order valence-electron chi connectivity index (χ1n) is 8.48. The van der Waals surface area contributed by atoms with Gasteiger partial charge >= 0.3 is 0 Å². The lowest BCUT2D eigenvalue weighted by molar-refractivity contribution is 0.0994. The average molecular weight is 380 g/mol. The standard InChI is InChI=1S/C21H24N4O3/c1-6-15(16-8-7-14(11-25(16)24)21(2,3)12-22)13-9-17(27-4)19(20(23)26)18(10-13)28-5/h6-11H,1,24H2,2-5H3,(H2,23,26)/b16-15+. The molecule has 1 aliphatic rings. The quantitative estimate of drug-likeness (QED) is 0.733. The van der Waals surface area contributed by atoms with Crippen molar-refractivity contribution in [2.24, 2.45) is 17.0 Å². The number of primary amides is 1. The Labute approximate surface area is 164 Å². The fraction of sp³-hybridized carbons (Fsp3) is 0.238. The van der Waals surface area contributed by atoms with Crippen molar-refractivity contribution in [2.75, 3.05) is 14.2 Å². The Balaban J connectivity index is 2.64. The third-order valence-corrected chi connectivity index (χ3v) is 4.52. The predicted molar refractivity (Wildman–Crippen MR) is 108 cm³/mol. The van der Waals surface area contributed by atoms with Crippen molar-refractivity contribution < 1.29 is 14.3 Å². The minimum Gasteiger partial charge on any atom is -0.496 e. The van der Waals surface area contributed by atoms with Gasteiger partial charge in [-0.25, -0.2) is 5.84 Å². The second-order valence-electron chi connectivity index (χ2n) is 6.68. The van der Waals surface area contributed by atoms with Crippen molar-refractivity contribution in [2.45, 2.75) is 13.8 Å². The van der Waals surface area contributed by atoms with Crippen LogP contribution in [0.4, 0.5) is 0 Å². The molecular weight excluding hydrogens is 356 g/mol. The third kappa shape index (κ3) is 3.77. The van der Waals surface area contributed by atoms with Gasteiger partial charge in [0.25, 0.3) is 5.91 Å². The van der Waals surface area contributed by atoms with Crippen molar-refractivity contribution >= 4 is 11.5 Å². The van der Waals surface area contributed by atoms with Crippen molar-refractivity contribution in [1.82, 2.24) is 5.01 Å². The van der Waals surface area contributed by atoms with E-state index in [1.807, 2.05) is 26.0 Å². The number of hydrogen-bond donors (Lipinski definition) is 2. The number of amides is 1. The van der Waals surface area contributed by atoms with Crippen LogP contribution < -0.4 is 21.1 Å². The Kier molecular flexibility index (Phi) is 5.96. The molecule has 1 amide bonds. The molecule has 146 valence electrons. The molecule has 0 spiro atoms. The number of rotatable bonds is 6. The molecule has 0 unspecified atom stereocenters. The molecule has 0 fully saturated rings. The average Bonchev–Trinajstić information content (AvgIpc) is 2.68. The first-order valence-corrected chi connectivity index (χ1v) is 8.48. The molecule has 1 aromatic rings. The van der Waals surface area contributed by atoms with E-state index in [1.165, 1.54) is 19.2 Å². The molecule has 0 bridgehead atoms. The van der Waals surface area contributed by atoms with Crippen molar-refractivity contribution in [3.05, 3.63) is 65.5 Å². The van der Waals surface area contributed by atoms with Crippen molar-refractivity contribution in [3.8, 4) is 17.6 Å². The van der Waals surface area contributed by atoms with Crippen LogP contribution in [0.3, 0.4) is 0 Å². The number of nitrogens with two attached hydrogens (primary N) is 2. The monoisotopic (exact) mass is 380 g/mol. The number of allylic oxidation sites excluding steroid dienone is 5. The van der Waals surface area contributed by atoms with Gasteiger partial charge in [0.1, 0.15) is 17.1 Å². The second-order valence-corrected chi connectivity index (χ2v) is 6.68. The summed E-state index contributed by atoms with van der Waals surface area (Å²) in [7, 11) is 2.89. The van der Waals surface area contributed by atoms with Gasteiger partial charge in [-0.05, 0) is 43.2 Å². The maximum absolute atomic E-state index is 11.8. The minimum atomic E-state index is -0.677. The molecule has 0 radical (unpaired) electrons. The largest absolute Gasteiger partial charge is 0.496 e. The van der Waals surface area contributed by atoms with Crippen molar-refractivity contribution in [1.29, 1.82) is 5.26 Å². The van der Waals surface area contributed by atoms with E-state index in [4.69, 9.17) is 21.1 Å². The van der Waals surface area contributed by atoms with Crippen LogP contribution >= 0.6 is 0 Å². The van der Waals surface area contributed by atoms with Crippen LogP contribution in [-0.2, 0) is 0 Å². The summed E-state index contributed by atoms with van der Waals surface area (Å²) in [6.07, 6.45) is 7.00. The number of benzene rings is 1. The maximum Gasteiger partial charge on any atom is 0.256 e. The fourth-order valence-electron chi connectivity index (χ4n) is 2.86. The van der Waals surface area contributed by atoms with Gasteiger partial charge in [-0.15, -0.1) is 0 Å². The highest BCUT2D eigenvalue weighted by molar-refractivity contribution is 5.99.